The Hall–Kier alpha value is -1.17. The number of H-pyrrole nitrogens is 1. The molecule has 0 spiro atoms. The molecule has 1 saturated heterocycles. The number of carbonyl (C=O) groups excluding carboxylic acids is 1. The number of amides is 1. The van der Waals surface area contributed by atoms with Crippen LogP contribution in [-0.4, -0.2) is 38.7 Å². The maximum Gasteiger partial charge on any atom is 0.226 e. The quantitative estimate of drug-likeness (QED) is 0.848. The SMILES string of the molecule is CC1(C)C(C(=O)N2CCC(c3n[nH]c(=S)n3C3CC3)CC2)C1(C)C. The molecule has 3 aliphatic rings. The Bertz CT molecular complexity index is 706. The molecule has 4 rings (SSSR count). The van der Waals surface area contributed by atoms with Gasteiger partial charge in [0.1, 0.15) is 5.82 Å². The number of rotatable bonds is 3. The number of piperidine rings is 1. The summed E-state index contributed by atoms with van der Waals surface area (Å²) in [4.78, 5) is 15.0. The first-order chi connectivity index (χ1) is 11.2. The third kappa shape index (κ3) is 2.29. The van der Waals surface area contributed by atoms with Gasteiger partial charge in [0.2, 0.25) is 5.91 Å². The maximum absolute atomic E-state index is 12.9. The van der Waals surface area contributed by atoms with Crippen LogP contribution in [0.15, 0.2) is 0 Å². The van der Waals surface area contributed by atoms with Crippen LogP contribution in [0, 0.1) is 21.5 Å². The number of aromatic amines is 1. The second-order valence-corrected chi connectivity index (χ2v) is 9.35. The zero-order valence-corrected chi connectivity index (χ0v) is 15.9. The Kier molecular flexibility index (Phi) is 3.51. The molecule has 0 aromatic carbocycles. The monoisotopic (exact) mass is 348 g/mol. The van der Waals surface area contributed by atoms with Crippen LogP contribution in [0.5, 0.6) is 0 Å². The average molecular weight is 349 g/mol. The van der Waals surface area contributed by atoms with Gasteiger partial charge in [0.15, 0.2) is 4.77 Å². The number of nitrogens with zero attached hydrogens (tertiary/aromatic N) is 3. The van der Waals surface area contributed by atoms with Gasteiger partial charge in [-0.15, -0.1) is 0 Å². The van der Waals surface area contributed by atoms with E-state index in [-0.39, 0.29) is 16.7 Å². The predicted octanol–water partition coefficient (Wildman–Crippen LogP) is 3.66. The van der Waals surface area contributed by atoms with Crippen molar-refractivity contribution in [1.82, 2.24) is 19.7 Å². The van der Waals surface area contributed by atoms with E-state index in [9.17, 15) is 4.79 Å². The van der Waals surface area contributed by atoms with Crippen LogP contribution in [0.25, 0.3) is 0 Å². The summed E-state index contributed by atoms with van der Waals surface area (Å²) < 4.78 is 2.98. The van der Waals surface area contributed by atoms with E-state index in [2.05, 4.69) is 47.4 Å². The van der Waals surface area contributed by atoms with Crippen LogP contribution in [0.2, 0.25) is 0 Å². The van der Waals surface area contributed by atoms with E-state index in [0.29, 0.717) is 17.9 Å². The Morgan fingerprint density at radius 2 is 1.71 bits per heavy atom. The molecule has 1 amide bonds. The fourth-order valence-electron chi connectivity index (χ4n) is 4.64. The largest absolute Gasteiger partial charge is 0.342 e. The molecule has 2 saturated carbocycles. The molecular weight excluding hydrogens is 320 g/mol. The molecule has 2 aliphatic carbocycles. The Labute approximate surface area is 148 Å². The molecule has 3 fully saturated rings. The molecule has 1 aromatic rings. The van der Waals surface area contributed by atoms with Gasteiger partial charge in [-0.05, 0) is 48.7 Å². The number of hydrogen-bond acceptors (Lipinski definition) is 3. The van der Waals surface area contributed by atoms with Gasteiger partial charge < -0.3 is 9.47 Å². The number of carbonyl (C=O) groups is 1. The van der Waals surface area contributed by atoms with E-state index in [0.717, 1.165) is 36.5 Å². The summed E-state index contributed by atoms with van der Waals surface area (Å²) in [6, 6.07) is 0.555. The first-order valence-corrected chi connectivity index (χ1v) is 9.61. The normalized spacial score (nSPS) is 26.6. The van der Waals surface area contributed by atoms with Gasteiger partial charge in [-0.1, -0.05) is 27.7 Å². The molecule has 0 unspecified atom stereocenters. The van der Waals surface area contributed by atoms with Gasteiger partial charge in [0.25, 0.3) is 0 Å². The minimum Gasteiger partial charge on any atom is -0.342 e. The molecule has 1 N–H and O–H groups in total. The number of likely N-dealkylation sites (tertiary alicyclic amines) is 1. The highest BCUT2D eigenvalue weighted by Crippen LogP contribution is 2.68. The van der Waals surface area contributed by atoms with E-state index in [1.807, 2.05) is 0 Å². The first kappa shape index (κ1) is 16.3. The molecule has 1 aromatic heterocycles. The van der Waals surface area contributed by atoms with Crippen LogP contribution in [-0.2, 0) is 4.79 Å². The maximum atomic E-state index is 12.9. The van der Waals surface area contributed by atoms with E-state index < -0.39 is 0 Å². The summed E-state index contributed by atoms with van der Waals surface area (Å²) in [5, 5.41) is 7.48. The summed E-state index contributed by atoms with van der Waals surface area (Å²) in [6.45, 7) is 10.6. The van der Waals surface area contributed by atoms with Crippen molar-refractivity contribution < 1.29 is 4.79 Å². The van der Waals surface area contributed by atoms with E-state index >= 15 is 0 Å². The summed E-state index contributed by atoms with van der Waals surface area (Å²) in [7, 11) is 0. The predicted molar refractivity (Wildman–Crippen MR) is 95.3 cm³/mol. The fraction of sp³-hybridized carbons (Fsp3) is 0.833. The second-order valence-electron chi connectivity index (χ2n) is 8.96. The molecule has 132 valence electrons. The van der Waals surface area contributed by atoms with Gasteiger partial charge in [-0.2, -0.15) is 5.10 Å². The van der Waals surface area contributed by atoms with E-state index in [1.54, 1.807) is 0 Å². The van der Waals surface area contributed by atoms with Crippen molar-refractivity contribution >= 4 is 18.1 Å². The molecule has 0 atom stereocenters. The molecular formula is C18H28N4OS. The zero-order valence-electron chi connectivity index (χ0n) is 15.1. The third-order valence-corrected chi connectivity index (χ3v) is 7.37. The van der Waals surface area contributed by atoms with Gasteiger partial charge >= 0.3 is 0 Å². The zero-order chi connectivity index (χ0) is 17.3. The van der Waals surface area contributed by atoms with Crippen LogP contribution >= 0.6 is 12.2 Å². The lowest BCUT2D eigenvalue weighted by molar-refractivity contribution is -0.135. The molecule has 24 heavy (non-hydrogen) atoms. The van der Waals surface area contributed by atoms with Crippen LogP contribution < -0.4 is 0 Å². The topological polar surface area (TPSA) is 53.9 Å². The third-order valence-electron chi connectivity index (χ3n) is 7.08. The molecule has 6 heteroatoms. The van der Waals surface area contributed by atoms with Gasteiger partial charge in [-0.25, -0.2) is 0 Å². The first-order valence-electron chi connectivity index (χ1n) is 9.20. The van der Waals surface area contributed by atoms with E-state index in [1.165, 1.54) is 12.8 Å². The number of hydrogen-bond donors (Lipinski definition) is 1. The molecule has 0 bridgehead atoms. The minimum absolute atomic E-state index is 0.120. The van der Waals surface area contributed by atoms with Crippen molar-refractivity contribution in [2.75, 3.05) is 13.1 Å². The Morgan fingerprint density at radius 3 is 2.21 bits per heavy atom. The molecule has 1 aliphatic heterocycles. The van der Waals surface area contributed by atoms with Crippen molar-refractivity contribution in [3.8, 4) is 0 Å². The lowest BCUT2D eigenvalue weighted by atomic mass is 9.95. The molecule has 2 heterocycles. The highest BCUT2D eigenvalue weighted by Gasteiger charge is 2.68. The smallest absolute Gasteiger partial charge is 0.226 e. The lowest BCUT2D eigenvalue weighted by Gasteiger charge is -2.32. The number of nitrogens with one attached hydrogen (secondary N) is 1. The average Bonchev–Trinajstić information content (AvgIpc) is 3.37. The Balaban J connectivity index is 1.43. The van der Waals surface area contributed by atoms with Crippen molar-refractivity contribution in [1.29, 1.82) is 0 Å². The Morgan fingerprint density at radius 1 is 1.12 bits per heavy atom. The highest BCUT2D eigenvalue weighted by molar-refractivity contribution is 7.71. The van der Waals surface area contributed by atoms with Gasteiger partial charge in [0.05, 0.1) is 0 Å². The van der Waals surface area contributed by atoms with Gasteiger partial charge in [0, 0.05) is 31.0 Å². The van der Waals surface area contributed by atoms with Crippen LogP contribution in [0.4, 0.5) is 0 Å². The second kappa shape index (κ2) is 5.16. The summed E-state index contributed by atoms with van der Waals surface area (Å²) >= 11 is 5.40. The summed E-state index contributed by atoms with van der Waals surface area (Å²) in [5.41, 5.74) is 0.241. The van der Waals surface area contributed by atoms with Gasteiger partial charge in [-0.3, -0.25) is 9.89 Å². The van der Waals surface area contributed by atoms with Crippen molar-refractivity contribution in [2.24, 2.45) is 16.7 Å². The van der Waals surface area contributed by atoms with Crippen molar-refractivity contribution in [3.05, 3.63) is 10.6 Å². The number of aromatic nitrogens is 3. The molecule has 0 radical (unpaired) electrons. The van der Waals surface area contributed by atoms with Crippen LogP contribution in [0.3, 0.4) is 0 Å². The summed E-state index contributed by atoms with van der Waals surface area (Å²) in [5.74, 6) is 2.05. The van der Waals surface area contributed by atoms with Crippen molar-refractivity contribution in [2.45, 2.75) is 65.3 Å². The summed E-state index contributed by atoms with van der Waals surface area (Å²) in [6.07, 6.45) is 4.41. The lowest BCUT2D eigenvalue weighted by Crippen LogP contribution is -2.40. The standard InChI is InChI=1S/C18H28N4OS/c1-17(2)13(18(17,3)4)15(23)21-9-7-11(8-10-21)14-19-20-16(24)22(14)12-5-6-12/h11-13H,5-10H2,1-4H3,(H,20,24). The fourth-order valence-corrected chi connectivity index (χ4v) is 4.93. The minimum atomic E-state index is 0.120. The highest BCUT2D eigenvalue weighted by atomic mass is 32.1. The molecule has 5 nitrogen and oxygen atoms in total. The van der Waals surface area contributed by atoms with Crippen molar-refractivity contribution in [3.63, 3.8) is 0 Å². The van der Waals surface area contributed by atoms with E-state index in [4.69, 9.17) is 12.2 Å². The van der Waals surface area contributed by atoms with Crippen LogP contribution in [0.1, 0.15) is 71.2 Å².